The smallest absolute Gasteiger partial charge is 0.310 e. The summed E-state index contributed by atoms with van der Waals surface area (Å²) in [5.41, 5.74) is 4.01. The van der Waals surface area contributed by atoms with Crippen molar-refractivity contribution in [2.24, 2.45) is 5.92 Å². The lowest BCUT2D eigenvalue weighted by Crippen LogP contribution is -2.25. The first kappa shape index (κ1) is 23.8. The molecule has 0 N–H and O–H groups in total. The fourth-order valence-electron chi connectivity index (χ4n) is 3.92. The highest BCUT2D eigenvalue weighted by Crippen LogP contribution is 2.20. The molecular weight excluding hydrogens is 436 g/mol. The number of carbonyl (C=O) groups excluding carboxylic acids is 3. The second-order valence-corrected chi connectivity index (χ2v) is 8.35. The third kappa shape index (κ3) is 6.61. The van der Waals surface area contributed by atoms with Gasteiger partial charge in [-0.2, -0.15) is 0 Å². The van der Waals surface area contributed by atoms with Crippen molar-refractivity contribution in [3.8, 4) is 11.1 Å². The molecule has 0 unspecified atom stereocenters. The summed E-state index contributed by atoms with van der Waals surface area (Å²) in [6.45, 7) is -0.367. The van der Waals surface area contributed by atoms with Gasteiger partial charge in [-0.1, -0.05) is 115 Å². The highest BCUT2D eigenvalue weighted by Gasteiger charge is 2.25. The van der Waals surface area contributed by atoms with Crippen LogP contribution in [0.3, 0.4) is 0 Å². The molecule has 0 radical (unpaired) electrons. The lowest BCUT2D eigenvalue weighted by molar-refractivity contribution is -0.147. The van der Waals surface area contributed by atoms with Crippen LogP contribution in [-0.4, -0.2) is 24.1 Å². The average Bonchev–Trinajstić information content (AvgIpc) is 2.92. The monoisotopic (exact) mass is 462 g/mol. The van der Waals surface area contributed by atoms with E-state index in [9.17, 15) is 14.4 Å². The first-order chi connectivity index (χ1) is 17.1. The number of ketones is 2. The highest BCUT2D eigenvalue weighted by atomic mass is 16.5. The van der Waals surface area contributed by atoms with Gasteiger partial charge in [-0.25, -0.2) is 0 Å². The van der Waals surface area contributed by atoms with Gasteiger partial charge < -0.3 is 4.74 Å². The van der Waals surface area contributed by atoms with Gasteiger partial charge in [-0.05, 0) is 23.1 Å². The Balaban J connectivity index is 1.41. The quantitative estimate of drug-likeness (QED) is 0.208. The second kappa shape index (κ2) is 11.7. The fourth-order valence-corrected chi connectivity index (χ4v) is 3.92. The zero-order chi connectivity index (χ0) is 24.5. The van der Waals surface area contributed by atoms with Crippen molar-refractivity contribution in [2.75, 3.05) is 6.61 Å². The first-order valence-corrected chi connectivity index (χ1v) is 11.6. The van der Waals surface area contributed by atoms with E-state index in [1.807, 2.05) is 78.9 Å². The van der Waals surface area contributed by atoms with Gasteiger partial charge in [0.15, 0.2) is 18.2 Å². The number of hydrogen-bond acceptors (Lipinski definition) is 4. The molecule has 0 spiro atoms. The molecule has 0 aromatic heterocycles. The Hall–Kier alpha value is -4.31. The van der Waals surface area contributed by atoms with Crippen LogP contribution in [0.5, 0.6) is 0 Å². The number of rotatable bonds is 10. The molecule has 0 bridgehead atoms. The average molecular weight is 463 g/mol. The predicted octanol–water partition coefficient (Wildman–Crippen LogP) is 6.21. The van der Waals surface area contributed by atoms with E-state index in [2.05, 4.69) is 0 Å². The summed E-state index contributed by atoms with van der Waals surface area (Å²) < 4.78 is 5.40. The molecule has 0 fully saturated rings. The summed E-state index contributed by atoms with van der Waals surface area (Å²) in [7, 11) is 0. The van der Waals surface area contributed by atoms with E-state index in [0.29, 0.717) is 17.5 Å². The Morgan fingerprint density at radius 3 is 1.71 bits per heavy atom. The standard InChI is InChI=1S/C31H26O4/c32-29(26-14-8-3-9-15-26)21-28(20-23-10-4-1-5-11-23)31(34)35-22-30(33)27-18-16-25(17-19-27)24-12-6-2-7-13-24/h1-19,28H,20-22H2/t28-/m1/s1. The van der Waals surface area contributed by atoms with E-state index in [4.69, 9.17) is 4.74 Å². The zero-order valence-electron chi connectivity index (χ0n) is 19.3. The van der Waals surface area contributed by atoms with Crippen molar-refractivity contribution >= 4 is 17.5 Å². The van der Waals surface area contributed by atoms with E-state index >= 15 is 0 Å². The van der Waals surface area contributed by atoms with Crippen molar-refractivity contribution in [1.29, 1.82) is 0 Å². The predicted molar refractivity (Wildman–Crippen MR) is 136 cm³/mol. The van der Waals surface area contributed by atoms with Crippen molar-refractivity contribution in [3.05, 3.63) is 132 Å². The molecule has 35 heavy (non-hydrogen) atoms. The van der Waals surface area contributed by atoms with Gasteiger partial charge >= 0.3 is 5.97 Å². The van der Waals surface area contributed by atoms with Crippen LogP contribution < -0.4 is 0 Å². The van der Waals surface area contributed by atoms with Crippen LogP contribution in [0.2, 0.25) is 0 Å². The number of hydrogen-bond donors (Lipinski definition) is 0. The van der Waals surface area contributed by atoms with Crippen LogP contribution in [0.15, 0.2) is 115 Å². The van der Waals surface area contributed by atoms with Gasteiger partial charge in [0.2, 0.25) is 0 Å². The molecule has 0 amide bonds. The summed E-state index contributed by atoms with van der Waals surface area (Å²) in [4.78, 5) is 38.4. The van der Waals surface area contributed by atoms with Crippen LogP contribution in [0.1, 0.15) is 32.7 Å². The van der Waals surface area contributed by atoms with Crippen molar-refractivity contribution in [3.63, 3.8) is 0 Å². The SMILES string of the molecule is O=C(COC(=O)[C@@H](CC(=O)c1ccccc1)Cc1ccccc1)c1ccc(-c2ccccc2)cc1. The second-order valence-electron chi connectivity index (χ2n) is 8.35. The van der Waals surface area contributed by atoms with E-state index in [1.165, 1.54) is 0 Å². The molecule has 4 nitrogen and oxygen atoms in total. The molecule has 4 rings (SSSR count). The van der Waals surface area contributed by atoms with Crippen LogP contribution in [-0.2, 0) is 16.0 Å². The molecular formula is C31H26O4. The summed E-state index contributed by atoms with van der Waals surface area (Å²) in [5, 5.41) is 0. The van der Waals surface area contributed by atoms with Gasteiger partial charge in [0.25, 0.3) is 0 Å². The molecule has 4 aromatic carbocycles. The Kier molecular flexibility index (Phi) is 7.97. The third-order valence-electron chi connectivity index (χ3n) is 5.85. The summed E-state index contributed by atoms with van der Waals surface area (Å²) >= 11 is 0. The number of ether oxygens (including phenoxy) is 1. The number of carbonyl (C=O) groups is 3. The summed E-state index contributed by atoms with van der Waals surface area (Å²) in [6, 6.07) is 35.5. The largest absolute Gasteiger partial charge is 0.457 e. The van der Waals surface area contributed by atoms with Gasteiger partial charge in [-0.3, -0.25) is 14.4 Å². The lowest BCUT2D eigenvalue weighted by atomic mass is 9.92. The zero-order valence-corrected chi connectivity index (χ0v) is 19.3. The molecule has 174 valence electrons. The van der Waals surface area contributed by atoms with E-state index in [-0.39, 0.29) is 24.6 Å². The highest BCUT2D eigenvalue weighted by molar-refractivity contribution is 6.00. The van der Waals surface area contributed by atoms with Crippen molar-refractivity contribution < 1.29 is 19.1 Å². The minimum absolute atomic E-state index is 0.0116. The van der Waals surface area contributed by atoms with Gasteiger partial charge in [0.05, 0.1) is 5.92 Å². The molecule has 0 saturated heterocycles. The van der Waals surface area contributed by atoms with E-state index in [0.717, 1.165) is 16.7 Å². The maximum atomic E-state index is 13.0. The molecule has 1 atom stereocenters. The Morgan fingerprint density at radius 1 is 0.571 bits per heavy atom. The molecule has 0 aliphatic heterocycles. The fraction of sp³-hybridized carbons (Fsp3) is 0.129. The van der Waals surface area contributed by atoms with Crippen LogP contribution in [0.4, 0.5) is 0 Å². The molecule has 4 aromatic rings. The third-order valence-corrected chi connectivity index (χ3v) is 5.85. The minimum atomic E-state index is -0.682. The van der Waals surface area contributed by atoms with Crippen LogP contribution in [0.25, 0.3) is 11.1 Å². The number of Topliss-reactive ketones (excluding diaryl/α,β-unsaturated/α-hetero) is 2. The molecule has 0 heterocycles. The Bertz CT molecular complexity index is 1260. The maximum absolute atomic E-state index is 13.0. The number of benzene rings is 4. The molecule has 4 heteroatoms. The number of esters is 1. The Morgan fingerprint density at radius 2 is 1.09 bits per heavy atom. The minimum Gasteiger partial charge on any atom is -0.457 e. The van der Waals surface area contributed by atoms with Gasteiger partial charge in [0.1, 0.15) is 0 Å². The molecule has 0 aliphatic rings. The summed E-state index contributed by atoms with van der Waals surface area (Å²) in [5.74, 6) is -1.65. The van der Waals surface area contributed by atoms with Gasteiger partial charge in [-0.15, -0.1) is 0 Å². The van der Waals surface area contributed by atoms with E-state index < -0.39 is 11.9 Å². The maximum Gasteiger partial charge on any atom is 0.310 e. The lowest BCUT2D eigenvalue weighted by Gasteiger charge is -2.16. The Labute approximate surface area is 205 Å². The van der Waals surface area contributed by atoms with Gasteiger partial charge in [0, 0.05) is 17.5 Å². The van der Waals surface area contributed by atoms with Crippen molar-refractivity contribution in [1.82, 2.24) is 0 Å². The van der Waals surface area contributed by atoms with Crippen LogP contribution in [0, 0.1) is 5.92 Å². The first-order valence-electron chi connectivity index (χ1n) is 11.6. The molecule has 0 saturated carbocycles. The summed E-state index contributed by atoms with van der Waals surface area (Å²) in [6.07, 6.45) is 0.371. The van der Waals surface area contributed by atoms with E-state index in [1.54, 1.807) is 36.4 Å². The molecule has 0 aliphatic carbocycles. The topological polar surface area (TPSA) is 60.4 Å². The van der Waals surface area contributed by atoms with Crippen LogP contribution >= 0.6 is 0 Å². The van der Waals surface area contributed by atoms with Crippen molar-refractivity contribution in [2.45, 2.75) is 12.8 Å². The normalized spacial score (nSPS) is 11.4.